The van der Waals surface area contributed by atoms with Gasteiger partial charge in [0.15, 0.2) is 0 Å². The van der Waals surface area contributed by atoms with Gasteiger partial charge in [-0.1, -0.05) is 24.6 Å². The third kappa shape index (κ3) is 2.79. The highest BCUT2D eigenvalue weighted by Gasteiger charge is 2.09. The fourth-order valence-corrected chi connectivity index (χ4v) is 2.01. The zero-order chi connectivity index (χ0) is 12.4. The van der Waals surface area contributed by atoms with Crippen LogP contribution in [-0.2, 0) is 0 Å². The molecule has 0 unspecified atom stereocenters. The Morgan fingerprint density at radius 2 is 1.88 bits per heavy atom. The summed E-state index contributed by atoms with van der Waals surface area (Å²) >= 11 is 0. The zero-order valence-electron chi connectivity index (χ0n) is 11.2. The summed E-state index contributed by atoms with van der Waals surface area (Å²) < 4.78 is 0. The molecule has 0 spiro atoms. The molecule has 1 atom stereocenters. The summed E-state index contributed by atoms with van der Waals surface area (Å²) in [6, 6.07) is 6.52. The number of anilines is 1. The SMILES string of the molecule is CC1=CC(Nc2ccc(C)c(C)c2)=CC[C@H]1C. The van der Waals surface area contributed by atoms with Crippen LogP contribution in [0.25, 0.3) is 0 Å². The van der Waals surface area contributed by atoms with Gasteiger partial charge in [0.2, 0.25) is 0 Å². The van der Waals surface area contributed by atoms with E-state index in [2.05, 4.69) is 63.4 Å². The molecule has 0 radical (unpaired) electrons. The van der Waals surface area contributed by atoms with Crippen molar-refractivity contribution in [1.82, 2.24) is 0 Å². The van der Waals surface area contributed by atoms with Crippen LogP contribution in [0.2, 0.25) is 0 Å². The van der Waals surface area contributed by atoms with Crippen LogP contribution in [0.4, 0.5) is 5.69 Å². The van der Waals surface area contributed by atoms with Gasteiger partial charge in [0, 0.05) is 11.4 Å². The van der Waals surface area contributed by atoms with Crippen LogP contribution in [0.1, 0.15) is 31.4 Å². The van der Waals surface area contributed by atoms with Gasteiger partial charge in [-0.05, 0) is 62.4 Å². The van der Waals surface area contributed by atoms with E-state index in [0.29, 0.717) is 5.92 Å². The fraction of sp³-hybridized carbons (Fsp3) is 0.375. The minimum atomic E-state index is 0.681. The summed E-state index contributed by atoms with van der Waals surface area (Å²) in [7, 11) is 0. The Balaban J connectivity index is 2.14. The molecule has 17 heavy (non-hydrogen) atoms. The lowest BCUT2D eigenvalue weighted by Gasteiger charge is -2.18. The van der Waals surface area contributed by atoms with Crippen molar-refractivity contribution < 1.29 is 0 Å². The first-order chi connectivity index (χ1) is 8.06. The van der Waals surface area contributed by atoms with Crippen LogP contribution >= 0.6 is 0 Å². The number of benzene rings is 1. The average molecular weight is 227 g/mol. The molecule has 1 aromatic rings. The van der Waals surface area contributed by atoms with Crippen molar-refractivity contribution in [2.24, 2.45) is 5.92 Å². The van der Waals surface area contributed by atoms with E-state index in [1.807, 2.05) is 0 Å². The smallest absolute Gasteiger partial charge is 0.0386 e. The first kappa shape index (κ1) is 12.0. The third-order valence-electron chi connectivity index (χ3n) is 3.65. The number of hydrogen-bond acceptors (Lipinski definition) is 1. The van der Waals surface area contributed by atoms with Crippen LogP contribution in [0.3, 0.4) is 0 Å². The van der Waals surface area contributed by atoms with Crippen molar-refractivity contribution in [2.45, 2.75) is 34.1 Å². The number of aryl methyl sites for hydroxylation is 2. The van der Waals surface area contributed by atoms with Crippen molar-refractivity contribution in [3.8, 4) is 0 Å². The molecule has 90 valence electrons. The van der Waals surface area contributed by atoms with Crippen LogP contribution in [0, 0.1) is 19.8 Å². The molecule has 1 heteroatoms. The molecule has 1 aliphatic carbocycles. The van der Waals surface area contributed by atoms with E-state index in [-0.39, 0.29) is 0 Å². The van der Waals surface area contributed by atoms with Gasteiger partial charge in [0.25, 0.3) is 0 Å². The predicted octanol–water partition coefficient (Wildman–Crippen LogP) is 4.59. The molecule has 0 amide bonds. The largest absolute Gasteiger partial charge is 0.356 e. The Kier molecular flexibility index (Phi) is 3.37. The Morgan fingerprint density at radius 3 is 2.53 bits per heavy atom. The minimum absolute atomic E-state index is 0.681. The lowest BCUT2D eigenvalue weighted by Crippen LogP contribution is -2.06. The molecule has 0 aliphatic heterocycles. The maximum absolute atomic E-state index is 3.48. The van der Waals surface area contributed by atoms with Gasteiger partial charge in [0.1, 0.15) is 0 Å². The second-order valence-corrected chi connectivity index (χ2v) is 5.11. The topological polar surface area (TPSA) is 12.0 Å². The molecule has 0 bridgehead atoms. The zero-order valence-corrected chi connectivity index (χ0v) is 11.2. The summed E-state index contributed by atoms with van der Waals surface area (Å²) in [5.41, 5.74) is 6.54. The highest BCUT2D eigenvalue weighted by atomic mass is 14.9. The van der Waals surface area contributed by atoms with Gasteiger partial charge < -0.3 is 5.32 Å². The Hall–Kier alpha value is -1.50. The second kappa shape index (κ2) is 4.79. The average Bonchev–Trinajstić information content (AvgIpc) is 2.29. The molecule has 0 heterocycles. The number of allylic oxidation sites excluding steroid dienone is 3. The minimum Gasteiger partial charge on any atom is -0.356 e. The van der Waals surface area contributed by atoms with Crippen LogP contribution < -0.4 is 5.32 Å². The van der Waals surface area contributed by atoms with E-state index in [1.165, 1.54) is 28.1 Å². The van der Waals surface area contributed by atoms with Crippen molar-refractivity contribution in [3.63, 3.8) is 0 Å². The lowest BCUT2D eigenvalue weighted by molar-refractivity contribution is 0.682. The molecule has 0 saturated carbocycles. The van der Waals surface area contributed by atoms with Gasteiger partial charge >= 0.3 is 0 Å². The van der Waals surface area contributed by atoms with Crippen LogP contribution in [-0.4, -0.2) is 0 Å². The van der Waals surface area contributed by atoms with Crippen LogP contribution in [0.5, 0.6) is 0 Å². The molecule has 0 fully saturated rings. The van der Waals surface area contributed by atoms with Gasteiger partial charge in [-0.3, -0.25) is 0 Å². The molecule has 0 saturated heterocycles. The third-order valence-corrected chi connectivity index (χ3v) is 3.65. The standard InChI is InChI=1S/C16H21N/c1-11-5-7-15(9-13(11)3)17-16-8-6-12(2)14(4)10-16/h5,7-10,12,17H,6H2,1-4H3/t12-/m1/s1. The summed E-state index contributed by atoms with van der Waals surface area (Å²) in [4.78, 5) is 0. The van der Waals surface area contributed by atoms with Crippen molar-refractivity contribution in [1.29, 1.82) is 0 Å². The molecule has 0 aromatic heterocycles. The highest BCUT2D eigenvalue weighted by Crippen LogP contribution is 2.24. The summed E-state index contributed by atoms with van der Waals surface area (Å²) in [6.07, 6.45) is 5.67. The van der Waals surface area contributed by atoms with E-state index in [0.717, 1.165) is 6.42 Å². The van der Waals surface area contributed by atoms with Gasteiger partial charge in [-0.15, -0.1) is 0 Å². The Bertz CT molecular complexity index is 480. The quantitative estimate of drug-likeness (QED) is 0.779. The van der Waals surface area contributed by atoms with E-state index in [1.54, 1.807) is 0 Å². The highest BCUT2D eigenvalue weighted by molar-refractivity contribution is 5.54. The molecule has 1 aromatic carbocycles. The molecule has 1 aliphatic rings. The summed E-state index contributed by atoms with van der Waals surface area (Å²) in [6.45, 7) is 8.78. The van der Waals surface area contributed by atoms with Crippen molar-refractivity contribution in [3.05, 3.63) is 52.7 Å². The molecule has 1 nitrogen and oxygen atoms in total. The van der Waals surface area contributed by atoms with E-state index < -0.39 is 0 Å². The summed E-state index contributed by atoms with van der Waals surface area (Å²) in [5.74, 6) is 0.681. The van der Waals surface area contributed by atoms with E-state index >= 15 is 0 Å². The number of nitrogens with one attached hydrogen (secondary N) is 1. The first-order valence-electron chi connectivity index (χ1n) is 6.29. The molecular weight excluding hydrogens is 206 g/mol. The molecule has 2 rings (SSSR count). The van der Waals surface area contributed by atoms with Gasteiger partial charge in [-0.25, -0.2) is 0 Å². The van der Waals surface area contributed by atoms with E-state index in [4.69, 9.17) is 0 Å². The van der Waals surface area contributed by atoms with Crippen molar-refractivity contribution in [2.75, 3.05) is 5.32 Å². The normalized spacial score (nSPS) is 19.6. The monoisotopic (exact) mass is 227 g/mol. The van der Waals surface area contributed by atoms with Gasteiger partial charge in [-0.2, -0.15) is 0 Å². The Morgan fingerprint density at radius 1 is 1.12 bits per heavy atom. The first-order valence-corrected chi connectivity index (χ1v) is 6.29. The molecular formula is C16H21N. The predicted molar refractivity (Wildman–Crippen MR) is 75.2 cm³/mol. The van der Waals surface area contributed by atoms with Gasteiger partial charge in [0.05, 0.1) is 0 Å². The number of rotatable bonds is 2. The second-order valence-electron chi connectivity index (χ2n) is 5.11. The van der Waals surface area contributed by atoms with Crippen molar-refractivity contribution >= 4 is 5.69 Å². The molecule has 1 N–H and O–H groups in total. The Labute approximate surface area is 104 Å². The maximum Gasteiger partial charge on any atom is 0.0386 e. The number of hydrogen-bond donors (Lipinski definition) is 1. The fourth-order valence-electron chi connectivity index (χ4n) is 2.01. The maximum atomic E-state index is 3.48. The lowest BCUT2D eigenvalue weighted by atomic mass is 9.93. The van der Waals surface area contributed by atoms with Crippen LogP contribution in [0.15, 0.2) is 41.6 Å². The van der Waals surface area contributed by atoms with E-state index in [9.17, 15) is 0 Å². The summed E-state index contributed by atoms with van der Waals surface area (Å²) in [5, 5.41) is 3.48.